The fourth-order valence-corrected chi connectivity index (χ4v) is 2.91. The second kappa shape index (κ2) is 8.09. The Morgan fingerprint density at radius 2 is 2.12 bits per heavy atom. The summed E-state index contributed by atoms with van der Waals surface area (Å²) in [6, 6.07) is 11.2. The van der Waals surface area contributed by atoms with Gasteiger partial charge in [-0.25, -0.2) is 0 Å². The van der Waals surface area contributed by atoms with Gasteiger partial charge in [0.25, 0.3) is 5.91 Å². The number of methoxy groups -OCH3 is 1. The first-order valence-electron chi connectivity index (χ1n) is 8.41. The monoisotopic (exact) mass is 341 g/mol. The highest BCUT2D eigenvalue weighted by molar-refractivity contribution is 5.97. The highest BCUT2D eigenvalue weighted by Crippen LogP contribution is 2.26. The highest BCUT2D eigenvalue weighted by Gasteiger charge is 2.39. The molecule has 6 nitrogen and oxygen atoms in total. The molecule has 3 rings (SSSR count). The van der Waals surface area contributed by atoms with E-state index in [0.717, 1.165) is 18.7 Å². The molecule has 1 amide bonds. The summed E-state index contributed by atoms with van der Waals surface area (Å²) in [7, 11) is 1.60. The molecule has 1 aliphatic heterocycles. The van der Waals surface area contributed by atoms with E-state index in [1.807, 2.05) is 36.4 Å². The van der Waals surface area contributed by atoms with Gasteiger partial charge >= 0.3 is 0 Å². The molecule has 1 fully saturated rings. The van der Waals surface area contributed by atoms with Crippen LogP contribution in [-0.2, 0) is 16.1 Å². The Bertz CT molecular complexity index is 700. The Kier molecular flexibility index (Phi) is 5.63. The van der Waals surface area contributed by atoms with Crippen LogP contribution in [0.5, 0.6) is 5.75 Å². The average Bonchev–Trinajstić information content (AvgIpc) is 2.68. The molecule has 0 bridgehead atoms. The van der Waals surface area contributed by atoms with E-state index in [-0.39, 0.29) is 5.91 Å². The Morgan fingerprint density at radius 3 is 2.84 bits per heavy atom. The number of nitrogens with one attached hydrogen (secondary N) is 2. The lowest BCUT2D eigenvalue weighted by Crippen LogP contribution is -2.51. The van der Waals surface area contributed by atoms with Gasteiger partial charge in [0.05, 0.1) is 0 Å². The molecule has 0 unspecified atom stereocenters. The van der Waals surface area contributed by atoms with Gasteiger partial charge in [-0.2, -0.15) is 0 Å². The van der Waals surface area contributed by atoms with E-state index in [0.29, 0.717) is 30.9 Å². The molecule has 2 heterocycles. The number of carbonyl (C=O) groups excluding carboxylic acids is 1. The number of pyridine rings is 1. The predicted octanol–water partition coefficient (Wildman–Crippen LogP) is 2.37. The fraction of sp³-hybridized carbons (Fsp3) is 0.368. The lowest BCUT2D eigenvalue weighted by atomic mass is 9.91. The zero-order chi connectivity index (χ0) is 17.5. The second-order valence-corrected chi connectivity index (χ2v) is 6.08. The van der Waals surface area contributed by atoms with Crippen molar-refractivity contribution in [2.75, 3.05) is 25.5 Å². The van der Waals surface area contributed by atoms with Gasteiger partial charge < -0.3 is 20.1 Å². The number of ether oxygens (including phenoxy) is 2. The Hall–Kier alpha value is -2.44. The van der Waals surface area contributed by atoms with Crippen LogP contribution in [0.15, 0.2) is 48.8 Å². The number of hydrogen-bond donors (Lipinski definition) is 2. The molecule has 6 heteroatoms. The van der Waals surface area contributed by atoms with Crippen LogP contribution >= 0.6 is 0 Å². The topological polar surface area (TPSA) is 72.5 Å². The molecule has 0 aliphatic carbocycles. The lowest BCUT2D eigenvalue weighted by molar-refractivity contribution is -0.140. The van der Waals surface area contributed by atoms with Crippen molar-refractivity contribution in [3.63, 3.8) is 0 Å². The van der Waals surface area contributed by atoms with Crippen molar-refractivity contribution in [1.82, 2.24) is 10.3 Å². The van der Waals surface area contributed by atoms with Crippen LogP contribution in [-0.4, -0.2) is 36.7 Å². The minimum atomic E-state index is -0.766. The summed E-state index contributed by atoms with van der Waals surface area (Å²) >= 11 is 0. The van der Waals surface area contributed by atoms with E-state index in [1.54, 1.807) is 19.5 Å². The number of amides is 1. The number of benzene rings is 1. The van der Waals surface area contributed by atoms with Gasteiger partial charge in [-0.3, -0.25) is 9.78 Å². The molecule has 132 valence electrons. The van der Waals surface area contributed by atoms with Crippen LogP contribution in [0.1, 0.15) is 18.4 Å². The van der Waals surface area contributed by atoms with Crippen LogP contribution in [0, 0.1) is 0 Å². The maximum Gasteiger partial charge on any atom is 0.256 e. The van der Waals surface area contributed by atoms with E-state index in [4.69, 9.17) is 9.47 Å². The SMILES string of the molecule is COC1(C(=O)Nc2cccc(OCc3cccnc3)c2)CCNCC1. The van der Waals surface area contributed by atoms with Gasteiger partial charge in [0.1, 0.15) is 18.0 Å². The number of carbonyl (C=O) groups is 1. The van der Waals surface area contributed by atoms with Crippen molar-refractivity contribution in [2.45, 2.75) is 25.0 Å². The summed E-state index contributed by atoms with van der Waals surface area (Å²) in [5.41, 5.74) is 0.922. The van der Waals surface area contributed by atoms with E-state index in [2.05, 4.69) is 15.6 Å². The van der Waals surface area contributed by atoms with Crippen LogP contribution in [0.2, 0.25) is 0 Å². The standard InChI is InChI=1S/C19H23N3O3/c1-24-19(7-10-20-11-8-19)18(23)22-16-5-2-6-17(12-16)25-14-15-4-3-9-21-13-15/h2-6,9,12-13,20H,7-8,10-11,14H2,1H3,(H,22,23). The Labute approximate surface area is 147 Å². The van der Waals surface area contributed by atoms with E-state index in [9.17, 15) is 4.79 Å². The molecular weight excluding hydrogens is 318 g/mol. The molecule has 25 heavy (non-hydrogen) atoms. The minimum Gasteiger partial charge on any atom is -0.489 e. The number of piperidine rings is 1. The zero-order valence-electron chi connectivity index (χ0n) is 14.3. The molecule has 0 saturated carbocycles. The Morgan fingerprint density at radius 1 is 1.28 bits per heavy atom. The molecular formula is C19H23N3O3. The third-order valence-corrected chi connectivity index (χ3v) is 4.44. The second-order valence-electron chi connectivity index (χ2n) is 6.08. The van der Waals surface area contributed by atoms with Gasteiger partial charge in [0, 0.05) is 36.8 Å². The normalized spacial score (nSPS) is 16.2. The minimum absolute atomic E-state index is 0.110. The zero-order valence-corrected chi connectivity index (χ0v) is 14.3. The van der Waals surface area contributed by atoms with Crippen LogP contribution in [0.4, 0.5) is 5.69 Å². The van der Waals surface area contributed by atoms with E-state index >= 15 is 0 Å². The van der Waals surface area contributed by atoms with Crippen LogP contribution in [0.25, 0.3) is 0 Å². The highest BCUT2D eigenvalue weighted by atomic mass is 16.5. The summed E-state index contributed by atoms with van der Waals surface area (Å²) in [5, 5.41) is 6.21. The molecule has 1 aliphatic rings. The van der Waals surface area contributed by atoms with Gasteiger partial charge in [-0.15, -0.1) is 0 Å². The number of aromatic nitrogens is 1. The maximum absolute atomic E-state index is 12.7. The first-order valence-corrected chi connectivity index (χ1v) is 8.41. The molecule has 0 radical (unpaired) electrons. The first-order chi connectivity index (χ1) is 12.2. The molecule has 1 aromatic heterocycles. The van der Waals surface area contributed by atoms with Crippen molar-refractivity contribution in [2.24, 2.45) is 0 Å². The van der Waals surface area contributed by atoms with Crippen molar-refractivity contribution >= 4 is 11.6 Å². The first kappa shape index (κ1) is 17.4. The third-order valence-electron chi connectivity index (χ3n) is 4.44. The van der Waals surface area contributed by atoms with Gasteiger partial charge in [-0.05, 0) is 44.1 Å². The predicted molar refractivity (Wildman–Crippen MR) is 95.5 cm³/mol. The molecule has 0 spiro atoms. The molecule has 2 N–H and O–H groups in total. The molecule has 2 aromatic rings. The summed E-state index contributed by atoms with van der Waals surface area (Å²) in [4.78, 5) is 16.8. The number of hydrogen-bond acceptors (Lipinski definition) is 5. The number of rotatable bonds is 6. The van der Waals surface area contributed by atoms with Gasteiger partial charge in [0.2, 0.25) is 0 Å². The van der Waals surface area contributed by atoms with Crippen molar-refractivity contribution in [3.05, 3.63) is 54.4 Å². The summed E-state index contributed by atoms with van der Waals surface area (Å²) in [5.74, 6) is 0.583. The number of nitrogens with zero attached hydrogens (tertiary/aromatic N) is 1. The summed E-state index contributed by atoms with van der Waals surface area (Å²) < 4.78 is 11.3. The maximum atomic E-state index is 12.7. The smallest absolute Gasteiger partial charge is 0.256 e. The summed E-state index contributed by atoms with van der Waals surface area (Å²) in [6.07, 6.45) is 4.82. The quantitative estimate of drug-likeness (QED) is 0.844. The number of anilines is 1. The van der Waals surface area contributed by atoms with Crippen molar-refractivity contribution in [1.29, 1.82) is 0 Å². The van der Waals surface area contributed by atoms with Crippen LogP contribution < -0.4 is 15.4 Å². The fourth-order valence-electron chi connectivity index (χ4n) is 2.91. The molecule has 1 aromatic carbocycles. The van der Waals surface area contributed by atoms with E-state index in [1.165, 1.54) is 0 Å². The van der Waals surface area contributed by atoms with E-state index < -0.39 is 5.60 Å². The van der Waals surface area contributed by atoms with Crippen LogP contribution in [0.3, 0.4) is 0 Å². The van der Waals surface area contributed by atoms with Gasteiger partial charge in [0.15, 0.2) is 0 Å². The average molecular weight is 341 g/mol. The van der Waals surface area contributed by atoms with Gasteiger partial charge in [-0.1, -0.05) is 12.1 Å². The Balaban J connectivity index is 1.64. The molecule has 1 saturated heterocycles. The summed E-state index contributed by atoms with van der Waals surface area (Å²) in [6.45, 7) is 1.98. The lowest BCUT2D eigenvalue weighted by Gasteiger charge is -2.34. The van der Waals surface area contributed by atoms with Crippen molar-refractivity contribution < 1.29 is 14.3 Å². The third kappa shape index (κ3) is 4.35. The molecule has 0 atom stereocenters. The van der Waals surface area contributed by atoms with Crippen molar-refractivity contribution in [3.8, 4) is 5.75 Å². The largest absolute Gasteiger partial charge is 0.489 e.